The first kappa shape index (κ1) is 15.5. The van der Waals surface area contributed by atoms with E-state index < -0.39 is 0 Å². The summed E-state index contributed by atoms with van der Waals surface area (Å²) in [5, 5.41) is 2.80. The number of aromatic nitrogens is 1. The molecule has 1 aromatic carbocycles. The number of pyridine rings is 1. The van der Waals surface area contributed by atoms with E-state index in [-0.39, 0.29) is 5.91 Å². The van der Waals surface area contributed by atoms with Gasteiger partial charge in [-0.25, -0.2) is 4.98 Å². The fraction of sp³-hybridized carbons (Fsp3) is 0.250. The largest absolute Gasteiger partial charge is 0.494 e. The van der Waals surface area contributed by atoms with Gasteiger partial charge in [0.2, 0.25) is 5.91 Å². The second-order valence-corrected chi connectivity index (χ2v) is 5.47. The molecule has 1 N–H and O–H groups in total. The number of carbonyl (C=O) groups excluding carboxylic acids is 1. The maximum Gasteiger partial charge on any atom is 0.229 e. The van der Waals surface area contributed by atoms with E-state index in [2.05, 4.69) is 26.2 Å². The molecule has 0 saturated carbocycles. The van der Waals surface area contributed by atoms with Gasteiger partial charge < -0.3 is 10.1 Å². The highest BCUT2D eigenvalue weighted by Crippen LogP contribution is 2.17. The summed E-state index contributed by atoms with van der Waals surface area (Å²) >= 11 is 3.38. The summed E-state index contributed by atoms with van der Waals surface area (Å²) in [5.41, 5.74) is 1.96. The standard InChI is InChI=1S/C16H17BrN2O2/c1-3-21-13-6-4-12(5-7-13)9-16(20)19-15-8-11(2)14(17)10-18-15/h4-8,10H,3,9H2,1-2H3,(H,18,19,20). The Bertz CT molecular complexity index is 627. The van der Waals surface area contributed by atoms with Crippen molar-refractivity contribution in [3.8, 4) is 5.75 Å². The number of amides is 1. The van der Waals surface area contributed by atoms with Crippen LogP contribution < -0.4 is 10.1 Å². The molecule has 21 heavy (non-hydrogen) atoms. The quantitative estimate of drug-likeness (QED) is 0.895. The van der Waals surface area contributed by atoms with Crippen LogP contribution in [0.15, 0.2) is 41.0 Å². The van der Waals surface area contributed by atoms with E-state index in [9.17, 15) is 4.79 Å². The summed E-state index contributed by atoms with van der Waals surface area (Å²) in [5.74, 6) is 1.28. The molecule has 2 rings (SSSR count). The Kier molecular flexibility index (Phi) is 5.33. The van der Waals surface area contributed by atoms with Gasteiger partial charge in [-0.05, 0) is 59.1 Å². The first-order valence-electron chi connectivity index (χ1n) is 6.72. The minimum absolute atomic E-state index is 0.0895. The molecule has 0 saturated heterocycles. The van der Waals surface area contributed by atoms with E-state index in [0.717, 1.165) is 21.3 Å². The normalized spacial score (nSPS) is 10.2. The molecule has 0 spiro atoms. The van der Waals surface area contributed by atoms with Crippen LogP contribution in [0.2, 0.25) is 0 Å². The Morgan fingerprint density at radius 1 is 1.33 bits per heavy atom. The molecule has 2 aromatic rings. The molecule has 0 aliphatic carbocycles. The Morgan fingerprint density at radius 3 is 2.67 bits per heavy atom. The number of carbonyl (C=O) groups is 1. The predicted molar refractivity (Wildman–Crippen MR) is 86.6 cm³/mol. The van der Waals surface area contributed by atoms with Crippen LogP contribution in [0.1, 0.15) is 18.1 Å². The summed E-state index contributed by atoms with van der Waals surface area (Å²) in [6.45, 7) is 4.52. The van der Waals surface area contributed by atoms with Gasteiger partial charge in [0, 0.05) is 10.7 Å². The highest BCUT2D eigenvalue weighted by atomic mass is 79.9. The number of hydrogen-bond acceptors (Lipinski definition) is 3. The molecule has 0 aliphatic rings. The molecule has 0 aliphatic heterocycles. The molecule has 110 valence electrons. The average molecular weight is 349 g/mol. The lowest BCUT2D eigenvalue weighted by atomic mass is 10.1. The zero-order valence-corrected chi connectivity index (χ0v) is 13.6. The van der Waals surface area contributed by atoms with Crippen molar-refractivity contribution >= 4 is 27.7 Å². The molecule has 1 amide bonds. The van der Waals surface area contributed by atoms with Gasteiger partial charge in [-0.3, -0.25) is 4.79 Å². The van der Waals surface area contributed by atoms with E-state index in [4.69, 9.17) is 4.74 Å². The van der Waals surface area contributed by atoms with E-state index in [1.807, 2.05) is 44.2 Å². The van der Waals surface area contributed by atoms with Crippen molar-refractivity contribution in [2.24, 2.45) is 0 Å². The van der Waals surface area contributed by atoms with Crippen molar-refractivity contribution in [3.05, 3.63) is 52.1 Å². The summed E-state index contributed by atoms with van der Waals surface area (Å²) in [6.07, 6.45) is 1.99. The fourth-order valence-corrected chi connectivity index (χ4v) is 2.07. The van der Waals surface area contributed by atoms with Gasteiger partial charge >= 0.3 is 0 Å². The molecule has 4 nitrogen and oxygen atoms in total. The maximum absolute atomic E-state index is 12.0. The predicted octanol–water partition coefficient (Wildman–Crippen LogP) is 3.73. The van der Waals surface area contributed by atoms with E-state index >= 15 is 0 Å². The minimum atomic E-state index is -0.0895. The Morgan fingerprint density at radius 2 is 2.05 bits per heavy atom. The molecular weight excluding hydrogens is 332 g/mol. The lowest BCUT2D eigenvalue weighted by Gasteiger charge is -2.07. The van der Waals surface area contributed by atoms with Gasteiger partial charge in [0.25, 0.3) is 0 Å². The van der Waals surface area contributed by atoms with E-state index in [1.165, 1.54) is 0 Å². The summed E-state index contributed by atoms with van der Waals surface area (Å²) in [4.78, 5) is 16.2. The molecular formula is C16H17BrN2O2. The third-order valence-corrected chi connectivity index (χ3v) is 3.74. The number of hydrogen-bond donors (Lipinski definition) is 1. The number of rotatable bonds is 5. The van der Waals surface area contributed by atoms with Crippen LogP contribution in [-0.4, -0.2) is 17.5 Å². The Hall–Kier alpha value is -1.88. The molecule has 0 atom stereocenters. The minimum Gasteiger partial charge on any atom is -0.494 e. The molecule has 1 aromatic heterocycles. The number of ether oxygens (including phenoxy) is 1. The number of benzene rings is 1. The first-order chi connectivity index (χ1) is 10.1. The van der Waals surface area contributed by atoms with Crippen LogP contribution in [-0.2, 0) is 11.2 Å². The van der Waals surface area contributed by atoms with Crippen molar-refractivity contribution < 1.29 is 9.53 Å². The second kappa shape index (κ2) is 7.22. The summed E-state index contributed by atoms with van der Waals surface area (Å²) in [6, 6.07) is 9.36. The van der Waals surface area contributed by atoms with Gasteiger partial charge in [0.1, 0.15) is 11.6 Å². The number of nitrogens with zero attached hydrogens (tertiary/aromatic N) is 1. The molecule has 0 bridgehead atoms. The van der Waals surface area contributed by atoms with Gasteiger partial charge in [0.05, 0.1) is 13.0 Å². The summed E-state index contributed by atoms with van der Waals surface area (Å²) < 4.78 is 6.29. The van der Waals surface area contributed by atoms with Crippen molar-refractivity contribution in [1.29, 1.82) is 0 Å². The molecule has 1 heterocycles. The van der Waals surface area contributed by atoms with E-state index in [1.54, 1.807) is 6.20 Å². The maximum atomic E-state index is 12.0. The van der Waals surface area contributed by atoms with Crippen molar-refractivity contribution in [2.75, 3.05) is 11.9 Å². The van der Waals surface area contributed by atoms with Gasteiger partial charge in [0.15, 0.2) is 0 Å². The number of anilines is 1. The molecule has 0 unspecified atom stereocenters. The number of aryl methyl sites for hydroxylation is 1. The van der Waals surface area contributed by atoms with Crippen LogP contribution >= 0.6 is 15.9 Å². The third kappa shape index (κ3) is 4.56. The molecule has 0 radical (unpaired) electrons. The highest BCUT2D eigenvalue weighted by Gasteiger charge is 2.06. The molecule has 5 heteroatoms. The third-order valence-electron chi connectivity index (χ3n) is 2.91. The van der Waals surface area contributed by atoms with Gasteiger partial charge in [-0.1, -0.05) is 12.1 Å². The number of halogens is 1. The Balaban J connectivity index is 1.96. The first-order valence-corrected chi connectivity index (χ1v) is 7.51. The summed E-state index contributed by atoms with van der Waals surface area (Å²) in [7, 11) is 0. The smallest absolute Gasteiger partial charge is 0.229 e. The average Bonchev–Trinajstić information content (AvgIpc) is 2.45. The lowest BCUT2D eigenvalue weighted by molar-refractivity contribution is -0.115. The van der Waals surface area contributed by atoms with Crippen molar-refractivity contribution in [3.63, 3.8) is 0 Å². The van der Waals surface area contributed by atoms with Crippen molar-refractivity contribution in [2.45, 2.75) is 20.3 Å². The second-order valence-electron chi connectivity index (χ2n) is 4.62. The highest BCUT2D eigenvalue weighted by molar-refractivity contribution is 9.10. The van der Waals surface area contributed by atoms with Gasteiger partial charge in [-0.15, -0.1) is 0 Å². The molecule has 0 fully saturated rings. The topological polar surface area (TPSA) is 51.2 Å². The zero-order valence-electron chi connectivity index (χ0n) is 12.0. The Labute approximate surface area is 132 Å². The van der Waals surface area contributed by atoms with Crippen LogP contribution in [0.25, 0.3) is 0 Å². The van der Waals surface area contributed by atoms with Crippen LogP contribution in [0.4, 0.5) is 5.82 Å². The number of nitrogens with one attached hydrogen (secondary N) is 1. The lowest BCUT2D eigenvalue weighted by Crippen LogP contribution is -2.15. The van der Waals surface area contributed by atoms with E-state index in [0.29, 0.717) is 18.8 Å². The van der Waals surface area contributed by atoms with Crippen LogP contribution in [0, 0.1) is 6.92 Å². The fourth-order valence-electron chi connectivity index (χ4n) is 1.85. The van der Waals surface area contributed by atoms with Crippen LogP contribution in [0.5, 0.6) is 5.75 Å². The SMILES string of the molecule is CCOc1ccc(CC(=O)Nc2cc(C)c(Br)cn2)cc1. The van der Waals surface area contributed by atoms with Crippen LogP contribution in [0.3, 0.4) is 0 Å². The van der Waals surface area contributed by atoms with Crippen molar-refractivity contribution in [1.82, 2.24) is 4.98 Å². The zero-order chi connectivity index (χ0) is 15.2. The monoisotopic (exact) mass is 348 g/mol. The van der Waals surface area contributed by atoms with Gasteiger partial charge in [-0.2, -0.15) is 0 Å².